The van der Waals surface area contributed by atoms with Gasteiger partial charge < -0.3 is 20.3 Å². The second kappa shape index (κ2) is 10.3. The normalized spacial score (nSPS) is 15.6. The van der Waals surface area contributed by atoms with Crippen LogP contribution in [0.5, 0.6) is 5.75 Å². The Labute approximate surface area is 210 Å². The first-order chi connectivity index (χ1) is 17.6. The van der Waals surface area contributed by atoms with Crippen LogP contribution in [0.4, 0.5) is 17.3 Å². The molecule has 4 heterocycles. The number of nitrogens with one attached hydrogen (secondary N) is 2. The molecule has 0 bridgehead atoms. The third-order valence-electron chi connectivity index (χ3n) is 6.70. The first kappa shape index (κ1) is 23.7. The summed E-state index contributed by atoms with van der Waals surface area (Å²) in [5.41, 5.74) is 6.51. The number of aryl methyl sites for hydroxylation is 1. The lowest BCUT2D eigenvalue weighted by Gasteiger charge is -2.24. The smallest absolute Gasteiger partial charge is 0.247 e. The predicted molar refractivity (Wildman–Crippen MR) is 141 cm³/mol. The van der Waals surface area contributed by atoms with Crippen molar-refractivity contribution in [1.82, 2.24) is 24.6 Å². The van der Waals surface area contributed by atoms with Gasteiger partial charge in [0.1, 0.15) is 5.75 Å². The van der Waals surface area contributed by atoms with E-state index in [0.29, 0.717) is 23.1 Å². The molecule has 2 aliphatic heterocycles. The van der Waals surface area contributed by atoms with Gasteiger partial charge in [-0.3, -0.25) is 9.48 Å². The van der Waals surface area contributed by atoms with Crippen LogP contribution < -0.4 is 15.4 Å². The molecule has 0 unspecified atom stereocenters. The zero-order chi connectivity index (χ0) is 25.1. The van der Waals surface area contributed by atoms with Crippen molar-refractivity contribution in [3.63, 3.8) is 0 Å². The summed E-state index contributed by atoms with van der Waals surface area (Å²) in [7, 11) is 3.72. The van der Waals surface area contributed by atoms with Crippen LogP contribution in [0.1, 0.15) is 30.5 Å². The van der Waals surface area contributed by atoms with Crippen molar-refractivity contribution in [3.05, 3.63) is 60.6 Å². The monoisotopic (exact) mass is 485 g/mol. The van der Waals surface area contributed by atoms with Crippen molar-refractivity contribution in [1.29, 1.82) is 0 Å². The van der Waals surface area contributed by atoms with Crippen molar-refractivity contribution in [3.8, 4) is 17.0 Å². The Morgan fingerprint density at radius 3 is 2.83 bits per heavy atom. The molecule has 0 fully saturated rings. The number of anilines is 3. The Bertz CT molecular complexity index is 1330. The van der Waals surface area contributed by atoms with E-state index in [1.54, 1.807) is 13.3 Å². The van der Waals surface area contributed by atoms with Gasteiger partial charge in [0.25, 0.3) is 0 Å². The topological polar surface area (TPSA) is 97.2 Å². The predicted octanol–water partition coefficient (Wildman–Crippen LogP) is 4.27. The molecule has 186 valence electrons. The standard InChI is InChI=1S/C27H31N7O2/c1-4-26(35)30-22-16-23(25(36-3)15-19(22)18-9-13-33(2)14-10-18)32-27-28-11-8-21(31-27)20-17-29-34-12-6-5-7-24(20)34/h4,8-9,11,15-17H,1,5-7,10,12-14H2,2-3H3,(H,30,35)(H,28,31,32). The van der Waals surface area contributed by atoms with Crippen LogP contribution in [0.15, 0.2) is 49.3 Å². The number of amides is 1. The minimum atomic E-state index is -0.273. The molecule has 2 N–H and O–H groups in total. The maximum absolute atomic E-state index is 12.2. The van der Waals surface area contributed by atoms with Gasteiger partial charge in [0.2, 0.25) is 11.9 Å². The minimum absolute atomic E-state index is 0.273. The Morgan fingerprint density at radius 2 is 2.06 bits per heavy atom. The third-order valence-corrected chi connectivity index (χ3v) is 6.70. The van der Waals surface area contributed by atoms with Crippen LogP contribution in [0.25, 0.3) is 16.8 Å². The van der Waals surface area contributed by atoms with Crippen LogP contribution in [0, 0.1) is 0 Å². The van der Waals surface area contributed by atoms with Gasteiger partial charge in [0, 0.05) is 42.7 Å². The van der Waals surface area contributed by atoms with Crippen molar-refractivity contribution in [2.75, 3.05) is 37.9 Å². The number of benzene rings is 1. The second-order valence-corrected chi connectivity index (χ2v) is 9.11. The van der Waals surface area contributed by atoms with Gasteiger partial charge in [-0.25, -0.2) is 9.97 Å². The molecule has 2 aromatic heterocycles. The number of carbonyl (C=O) groups is 1. The summed E-state index contributed by atoms with van der Waals surface area (Å²) in [5, 5.41) is 10.8. The maximum Gasteiger partial charge on any atom is 0.247 e. The number of nitrogens with zero attached hydrogens (tertiary/aromatic N) is 5. The highest BCUT2D eigenvalue weighted by molar-refractivity contribution is 6.02. The van der Waals surface area contributed by atoms with E-state index in [4.69, 9.17) is 9.72 Å². The molecule has 9 nitrogen and oxygen atoms in total. The summed E-state index contributed by atoms with van der Waals surface area (Å²) in [5.74, 6) is 0.803. The zero-order valence-corrected chi connectivity index (χ0v) is 20.8. The summed E-state index contributed by atoms with van der Waals surface area (Å²) in [4.78, 5) is 23.7. The number of hydrogen-bond donors (Lipinski definition) is 2. The van der Waals surface area contributed by atoms with Crippen molar-refractivity contribution in [2.24, 2.45) is 0 Å². The molecular formula is C27H31N7O2. The van der Waals surface area contributed by atoms with Gasteiger partial charge in [0.15, 0.2) is 0 Å². The van der Waals surface area contributed by atoms with Crippen LogP contribution in [0.3, 0.4) is 0 Å². The van der Waals surface area contributed by atoms with Crippen molar-refractivity contribution in [2.45, 2.75) is 32.2 Å². The van der Waals surface area contributed by atoms with Crippen LogP contribution in [-0.2, 0) is 17.8 Å². The molecule has 3 aromatic rings. The maximum atomic E-state index is 12.2. The Kier molecular flexibility index (Phi) is 6.81. The van der Waals surface area contributed by atoms with Crippen LogP contribution in [-0.4, -0.2) is 57.8 Å². The highest BCUT2D eigenvalue weighted by Crippen LogP contribution is 2.38. The van der Waals surface area contributed by atoms with Crippen LogP contribution >= 0.6 is 0 Å². The van der Waals surface area contributed by atoms with Gasteiger partial charge in [-0.15, -0.1) is 0 Å². The van der Waals surface area contributed by atoms with E-state index in [0.717, 1.165) is 62.1 Å². The lowest BCUT2D eigenvalue weighted by Crippen LogP contribution is -2.24. The molecule has 2 aliphatic rings. The molecule has 0 saturated carbocycles. The number of likely N-dealkylation sites (N-methyl/N-ethyl adjacent to an activating group) is 1. The average Bonchev–Trinajstić information content (AvgIpc) is 3.34. The lowest BCUT2D eigenvalue weighted by atomic mass is 9.97. The summed E-state index contributed by atoms with van der Waals surface area (Å²) in [6.45, 7) is 6.34. The molecule has 0 radical (unpaired) electrons. The number of rotatable bonds is 7. The van der Waals surface area contributed by atoms with Crippen LogP contribution in [0.2, 0.25) is 0 Å². The lowest BCUT2D eigenvalue weighted by molar-refractivity contribution is -0.111. The molecule has 1 amide bonds. The Balaban J connectivity index is 1.50. The SMILES string of the molecule is C=CC(=O)Nc1cc(Nc2nccc(-c3cnn4c3CCCC4)n2)c(OC)cc1C1=CCN(C)CC1. The summed E-state index contributed by atoms with van der Waals surface area (Å²) in [6, 6.07) is 5.73. The molecule has 0 aliphatic carbocycles. The van der Waals surface area contributed by atoms with Gasteiger partial charge >= 0.3 is 0 Å². The molecule has 0 atom stereocenters. The molecule has 9 heteroatoms. The zero-order valence-electron chi connectivity index (χ0n) is 20.8. The van der Waals surface area contributed by atoms with Crippen molar-refractivity contribution < 1.29 is 9.53 Å². The molecular weight excluding hydrogens is 454 g/mol. The summed E-state index contributed by atoms with van der Waals surface area (Å²) in [6.07, 6.45) is 11.3. The third kappa shape index (κ3) is 4.87. The fourth-order valence-electron chi connectivity index (χ4n) is 4.74. The van der Waals surface area contributed by atoms with E-state index in [9.17, 15) is 4.79 Å². The molecule has 0 saturated heterocycles. The van der Waals surface area contributed by atoms with Crippen molar-refractivity contribution >= 4 is 28.8 Å². The van der Waals surface area contributed by atoms with Gasteiger partial charge in [0.05, 0.1) is 30.4 Å². The van der Waals surface area contributed by atoms with E-state index in [1.165, 1.54) is 17.3 Å². The number of carbonyl (C=O) groups excluding carboxylic acids is 1. The fraction of sp³-hybridized carbons (Fsp3) is 0.333. The quantitative estimate of drug-likeness (QED) is 0.482. The Morgan fingerprint density at radius 1 is 1.17 bits per heavy atom. The van der Waals surface area contributed by atoms with Gasteiger partial charge in [-0.05, 0) is 62.6 Å². The van der Waals surface area contributed by atoms with Gasteiger partial charge in [-0.2, -0.15) is 5.10 Å². The first-order valence-corrected chi connectivity index (χ1v) is 12.2. The largest absolute Gasteiger partial charge is 0.495 e. The van der Waals surface area contributed by atoms with E-state index < -0.39 is 0 Å². The Hall–Kier alpha value is -3.98. The number of ether oxygens (including phenoxy) is 1. The average molecular weight is 486 g/mol. The van der Waals surface area contributed by atoms with E-state index >= 15 is 0 Å². The fourth-order valence-corrected chi connectivity index (χ4v) is 4.74. The summed E-state index contributed by atoms with van der Waals surface area (Å²) < 4.78 is 7.80. The number of hydrogen-bond acceptors (Lipinski definition) is 7. The molecule has 5 rings (SSSR count). The minimum Gasteiger partial charge on any atom is -0.495 e. The molecule has 0 spiro atoms. The first-order valence-electron chi connectivity index (χ1n) is 12.2. The second-order valence-electron chi connectivity index (χ2n) is 9.11. The van der Waals surface area contributed by atoms with E-state index in [1.807, 2.05) is 24.4 Å². The van der Waals surface area contributed by atoms with E-state index in [2.05, 4.69) is 50.0 Å². The number of methoxy groups -OCH3 is 1. The molecule has 36 heavy (non-hydrogen) atoms. The number of aromatic nitrogens is 4. The highest BCUT2D eigenvalue weighted by Gasteiger charge is 2.20. The summed E-state index contributed by atoms with van der Waals surface area (Å²) >= 11 is 0. The number of fused-ring (bicyclic) bond motifs is 1. The van der Waals surface area contributed by atoms with E-state index in [-0.39, 0.29) is 5.91 Å². The van der Waals surface area contributed by atoms with Gasteiger partial charge in [-0.1, -0.05) is 12.7 Å². The molecule has 1 aromatic carbocycles. The highest BCUT2D eigenvalue weighted by atomic mass is 16.5.